The Morgan fingerprint density at radius 3 is 2.82 bits per heavy atom. The average Bonchev–Trinajstić information content (AvgIpc) is 2.72. The average molecular weight is 378 g/mol. The smallest absolute Gasteiger partial charge is 0.0686 e. The molecule has 2 aromatic rings. The maximum absolute atomic E-state index is 6.23. The van der Waals surface area contributed by atoms with E-state index < -0.39 is 0 Å². The van der Waals surface area contributed by atoms with Gasteiger partial charge in [-0.15, -0.1) is 11.3 Å². The molecular weight excluding hydrogens is 365 g/mol. The van der Waals surface area contributed by atoms with Gasteiger partial charge in [0.15, 0.2) is 0 Å². The zero-order chi connectivity index (χ0) is 12.3. The van der Waals surface area contributed by atoms with Crippen molar-refractivity contribution in [3.8, 4) is 0 Å². The first-order valence-electron chi connectivity index (χ1n) is 5.44. The molecule has 1 N–H and O–H groups in total. The van der Waals surface area contributed by atoms with Gasteiger partial charge in [-0.25, -0.2) is 0 Å². The maximum Gasteiger partial charge on any atom is 0.0686 e. The van der Waals surface area contributed by atoms with E-state index in [1.165, 1.54) is 14.0 Å². The minimum atomic E-state index is 0.196. The van der Waals surface area contributed by atoms with Crippen molar-refractivity contribution in [2.24, 2.45) is 0 Å². The van der Waals surface area contributed by atoms with Gasteiger partial charge in [-0.3, -0.25) is 0 Å². The van der Waals surface area contributed by atoms with Crippen molar-refractivity contribution in [1.29, 1.82) is 0 Å². The van der Waals surface area contributed by atoms with Crippen molar-refractivity contribution in [1.82, 2.24) is 5.32 Å². The fourth-order valence-electron chi connectivity index (χ4n) is 1.76. The van der Waals surface area contributed by atoms with Gasteiger partial charge < -0.3 is 5.32 Å². The quantitative estimate of drug-likeness (QED) is 0.761. The van der Waals surface area contributed by atoms with Gasteiger partial charge >= 0.3 is 0 Å². The van der Waals surface area contributed by atoms with Crippen LogP contribution in [0.4, 0.5) is 0 Å². The topological polar surface area (TPSA) is 12.0 Å². The first-order valence-corrected chi connectivity index (χ1v) is 7.77. The number of hydrogen-bond donors (Lipinski definition) is 1. The van der Waals surface area contributed by atoms with Gasteiger partial charge in [-0.1, -0.05) is 30.7 Å². The van der Waals surface area contributed by atoms with E-state index in [0.29, 0.717) is 0 Å². The number of nitrogens with one attached hydrogen (secondary N) is 1. The molecule has 0 aliphatic rings. The van der Waals surface area contributed by atoms with Crippen LogP contribution in [0.1, 0.15) is 23.4 Å². The van der Waals surface area contributed by atoms with Gasteiger partial charge in [0.25, 0.3) is 0 Å². The molecule has 1 aromatic carbocycles. The molecule has 0 saturated carbocycles. The minimum Gasteiger partial charge on any atom is -0.306 e. The Bertz CT molecular complexity index is 498. The second-order valence-corrected chi connectivity index (χ2v) is 6.28. The van der Waals surface area contributed by atoms with E-state index in [9.17, 15) is 0 Å². The predicted octanol–water partition coefficient (Wildman–Crippen LogP) is 4.71. The molecule has 1 aromatic heterocycles. The van der Waals surface area contributed by atoms with Crippen molar-refractivity contribution >= 4 is 45.5 Å². The summed E-state index contributed by atoms with van der Waals surface area (Å²) in [5.74, 6) is 0. The van der Waals surface area contributed by atoms with Crippen molar-refractivity contribution in [2.75, 3.05) is 6.54 Å². The van der Waals surface area contributed by atoms with E-state index in [-0.39, 0.29) is 6.04 Å². The van der Waals surface area contributed by atoms with Gasteiger partial charge in [-0.05, 0) is 58.3 Å². The predicted molar refractivity (Wildman–Crippen MR) is 84.0 cm³/mol. The molecule has 2 rings (SSSR count). The van der Waals surface area contributed by atoms with Gasteiger partial charge in [0.2, 0.25) is 0 Å². The molecule has 0 amide bonds. The Labute approximate surface area is 124 Å². The maximum atomic E-state index is 6.23. The fourth-order valence-corrected chi connectivity index (χ4v) is 3.60. The largest absolute Gasteiger partial charge is 0.306 e. The van der Waals surface area contributed by atoms with Crippen LogP contribution in [-0.4, -0.2) is 6.54 Å². The standard InChI is InChI=1S/C13H13ClINS/c1-2-16-12(13-11(14)6-7-17-13)9-4-3-5-10(15)8-9/h3-8,12,16H,2H2,1H3. The number of thiophene rings is 1. The zero-order valence-electron chi connectivity index (χ0n) is 9.41. The molecule has 0 saturated heterocycles. The summed E-state index contributed by atoms with van der Waals surface area (Å²) in [6.07, 6.45) is 0. The molecule has 1 unspecified atom stereocenters. The molecule has 17 heavy (non-hydrogen) atoms. The van der Waals surface area contributed by atoms with Crippen LogP contribution in [0.3, 0.4) is 0 Å². The number of hydrogen-bond acceptors (Lipinski definition) is 2. The van der Waals surface area contributed by atoms with Gasteiger partial charge in [0.05, 0.1) is 11.1 Å². The second kappa shape index (κ2) is 6.18. The van der Waals surface area contributed by atoms with Crippen molar-refractivity contribution in [3.63, 3.8) is 0 Å². The summed E-state index contributed by atoms with van der Waals surface area (Å²) in [5, 5.41) is 6.38. The summed E-state index contributed by atoms with van der Waals surface area (Å²) in [6.45, 7) is 3.03. The summed E-state index contributed by atoms with van der Waals surface area (Å²) in [5.41, 5.74) is 1.27. The first-order chi connectivity index (χ1) is 8.22. The number of benzene rings is 1. The van der Waals surface area contributed by atoms with E-state index in [0.717, 1.165) is 11.6 Å². The van der Waals surface area contributed by atoms with Crippen LogP contribution in [-0.2, 0) is 0 Å². The third-order valence-electron chi connectivity index (χ3n) is 2.50. The van der Waals surface area contributed by atoms with Crippen molar-refractivity contribution in [3.05, 3.63) is 54.7 Å². The molecular formula is C13H13ClINS. The molecule has 0 aliphatic heterocycles. The van der Waals surface area contributed by atoms with Crippen LogP contribution in [0.2, 0.25) is 5.02 Å². The normalized spacial score (nSPS) is 12.6. The molecule has 0 fully saturated rings. The Balaban J connectivity index is 2.39. The monoisotopic (exact) mass is 377 g/mol. The second-order valence-electron chi connectivity index (χ2n) is 3.68. The van der Waals surface area contributed by atoms with Crippen LogP contribution < -0.4 is 5.32 Å². The molecule has 1 atom stereocenters. The van der Waals surface area contributed by atoms with Crippen LogP contribution in [0, 0.1) is 3.57 Å². The van der Waals surface area contributed by atoms with Gasteiger partial charge in [0, 0.05) is 8.45 Å². The molecule has 4 heteroatoms. The van der Waals surface area contributed by atoms with E-state index in [2.05, 4.69) is 59.1 Å². The summed E-state index contributed by atoms with van der Waals surface area (Å²) in [7, 11) is 0. The van der Waals surface area contributed by atoms with E-state index >= 15 is 0 Å². The lowest BCUT2D eigenvalue weighted by molar-refractivity contribution is 0.639. The minimum absolute atomic E-state index is 0.196. The number of rotatable bonds is 4. The molecule has 0 bridgehead atoms. The third-order valence-corrected chi connectivity index (χ3v) is 4.59. The van der Waals surface area contributed by atoms with E-state index in [1.807, 2.05) is 11.4 Å². The molecule has 1 heterocycles. The lowest BCUT2D eigenvalue weighted by Crippen LogP contribution is -2.21. The highest BCUT2D eigenvalue weighted by atomic mass is 127. The highest BCUT2D eigenvalue weighted by molar-refractivity contribution is 14.1. The lowest BCUT2D eigenvalue weighted by atomic mass is 10.1. The zero-order valence-corrected chi connectivity index (χ0v) is 13.1. The number of halogens is 2. The Kier molecular flexibility index (Phi) is 4.85. The summed E-state index contributed by atoms with van der Waals surface area (Å²) in [4.78, 5) is 1.19. The highest BCUT2D eigenvalue weighted by Crippen LogP contribution is 2.33. The Morgan fingerprint density at radius 2 is 2.24 bits per heavy atom. The van der Waals surface area contributed by atoms with Crippen LogP contribution >= 0.6 is 45.5 Å². The van der Waals surface area contributed by atoms with Crippen LogP contribution in [0.15, 0.2) is 35.7 Å². The molecule has 1 nitrogen and oxygen atoms in total. The molecule has 0 radical (unpaired) electrons. The van der Waals surface area contributed by atoms with Gasteiger partial charge in [0.1, 0.15) is 0 Å². The SMILES string of the molecule is CCNC(c1cccc(I)c1)c1sccc1Cl. The third kappa shape index (κ3) is 3.22. The highest BCUT2D eigenvalue weighted by Gasteiger charge is 2.17. The Hall–Kier alpha value is -0.100. The van der Waals surface area contributed by atoms with Crippen molar-refractivity contribution < 1.29 is 0 Å². The first kappa shape index (κ1) is 13.3. The van der Waals surface area contributed by atoms with Gasteiger partial charge in [-0.2, -0.15) is 0 Å². The van der Waals surface area contributed by atoms with Crippen LogP contribution in [0.25, 0.3) is 0 Å². The van der Waals surface area contributed by atoms with Crippen LogP contribution in [0.5, 0.6) is 0 Å². The summed E-state index contributed by atoms with van der Waals surface area (Å²) in [6, 6.07) is 10.7. The molecule has 0 spiro atoms. The summed E-state index contributed by atoms with van der Waals surface area (Å²) < 4.78 is 1.25. The van der Waals surface area contributed by atoms with E-state index in [1.54, 1.807) is 11.3 Å². The molecule has 0 aliphatic carbocycles. The van der Waals surface area contributed by atoms with Crippen molar-refractivity contribution in [2.45, 2.75) is 13.0 Å². The summed E-state index contributed by atoms with van der Waals surface area (Å²) >= 11 is 10.3. The lowest BCUT2D eigenvalue weighted by Gasteiger charge is -2.18. The fraction of sp³-hybridized carbons (Fsp3) is 0.231. The Morgan fingerprint density at radius 1 is 1.41 bits per heavy atom. The molecule has 90 valence electrons. The van der Waals surface area contributed by atoms with E-state index in [4.69, 9.17) is 11.6 Å².